The molecule has 2 aliphatic rings. The molecule has 1 atom stereocenters. The fourth-order valence-corrected chi connectivity index (χ4v) is 3.75. The Morgan fingerprint density at radius 1 is 1.19 bits per heavy atom. The van der Waals surface area contributed by atoms with Crippen LogP contribution in [0.25, 0.3) is 0 Å². The zero-order valence-corrected chi connectivity index (χ0v) is 16.6. The Balaban J connectivity index is 1.40. The summed E-state index contributed by atoms with van der Waals surface area (Å²) in [5.41, 5.74) is 0.339. The molecule has 0 aliphatic carbocycles. The predicted octanol–water partition coefficient (Wildman–Crippen LogP) is 2.16. The van der Waals surface area contributed by atoms with E-state index in [1.165, 1.54) is 12.8 Å². The lowest BCUT2D eigenvalue weighted by Gasteiger charge is -2.25. The molecule has 2 fully saturated rings. The van der Waals surface area contributed by atoms with Gasteiger partial charge in [-0.2, -0.15) is 0 Å². The minimum Gasteiger partial charge on any atom is -0.496 e. The quantitative estimate of drug-likeness (QED) is 0.446. The number of likely N-dealkylation sites (tertiary alicyclic amines) is 1. The molecule has 0 saturated carbocycles. The van der Waals surface area contributed by atoms with Crippen molar-refractivity contribution in [2.45, 2.75) is 19.3 Å². The Labute approximate surface area is 161 Å². The van der Waals surface area contributed by atoms with Gasteiger partial charge in [-0.05, 0) is 19.3 Å². The highest BCUT2D eigenvalue weighted by atomic mass is 16.5. The SMILES string of the molecule is CN=C(NCCCOc1cc(OC)cc(OC)c1)N1CCC2(CCOC2)C1. The van der Waals surface area contributed by atoms with Gasteiger partial charge in [0.15, 0.2) is 5.96 Å². The summed E-state index contributed by atoms with van der Waals surface area (Å²) in [7, 11) is 5.11. The molecule has 2 saturated heterocycles. The zero-order valence-electron chi connectivity index (χ0n) is 16.6. The maximum Gasteiger partial charge on any atom is 0.193 e. The molecule has 1 aromatic rings. The van der Waals surface area contributed by atoms with Crippen molar-refractivity contribution in [3.63, 3.8) is 0 Å². The van der Waals surface area contributed by atoms with E-state index in [1.54, 1.807) is 14.2 Å². The number of guanidine groups is 1. The highest BCUT2D eigenvalue weighted by Crippen LogP contribution is 2.38. The second-order valence-electron chi connectivity index (χ2n) is 7.20. The average molecular weight is 377 g/mol. The van der Waals surface area contributed by atoms with E-state index < -0.39 is 0 Å². The summed E-state index contributed by atoms with van der Waals surface area (Å²) in [5, 5.41) is 3.45. The monoisotopic (exact) mass is 377 g/mol. The van der Waals surface area contributed by atoms with Crippen molar-refractivity contribution in [2.75, 3.05) is 60.7 Å². The Morgan fingerprint density at radius 2 is 1.93 bits per heavy atom. The molecule has 1 spiro atoms. The number of hydrogen-bond donors (Lipinski definition) is 1. The zero-order chi connectivity index (χ0) is 19.1. The van der Waals surface area contributed by atoms with Crippen molar-refractivity contribution in [1.29, 1.82) is 0 Å². The first-order chi connectivity index (χ1) is 13.2. The Bertz CT molecular complexity index is 622. The van der Waals surface area contributed by atoms with E-state index >= 15 is 0 Å². The maximum atomic E-state index is 5.84. The fraction of sp³-hybridized carbons (Fsp3) is 0.650. The van der Waals surface area contributed by atoms with Crippen molar-refractivity contribution in [3.8, 4) is 17.2 Å². The number of ether oxygens (including phenoxy) is 4. The lowest BCUT2D eigenvalue weighted by molar-refractivity contribution is 0.156. The summed E-state index contributed by atoms with van der Waals surface area (Å²) in [6.07, 6.45) is 3.23. The van der Waals surface area contributed by atoms with Crippen molar-refractivity contribution >= 4 is 5.96 Å². The van der Waals surface area contributed by atoms with Crippen LogP contribution in [0.2, 0.25) is 0 Å². The molecule has 1 N–H and O–H groups in total. The number of benzene rings is 1. The molecular weight excluding hydrogens is 346 g/mol. The van der Waals surface area contributed by atoms with Crippen LogP contribution in [0.5, 0.6) is 17.2 Å². The van der Waals surface area contributed by atoms with Gasteiger partial charge in [0.25, 0.3) is 0 Å². The van der Waals surface area contributed by atoms with Gasteiger partial charge in [0.05, 0.1) is 27.4 Å². The molecule has 0 aromatic heterocycles. The molecular formula is C20H31N3O4. The topological polar surface area (TPSA) is 64.6 Å². The number of nitrogens with one attached hydrogen (secondary N) is 1. The summed E-state index contributed by atoms with van der Waals surface area (Å²) >= 11 is 0. The van der Waals surface area contributed by atoms with E-state index in [0.717, 1.165) is 62.5 Å². The maximum absolute atomic E-state index is 5.84. The molecule has 0 radical (unpaired) electrons. The molecule has 0 amide bonds. The molecule has 3 rings (SSSR count). The third-order valence-corrected chi connectivity index (χ3v) is 5.33. The number of methoxy groups -OCH3 is 2. The van der Waals surface area contributed by atoms with E-state index in [1.807, 2.05) is 25.2 Å². The van der Waals surface area contributed by atoms with Crippen molar-refractivity contribution in [3.05, 3.63) is 18.2 Å². The third-order valence-electron chi connectivity index (χ3n) is 5.33. The van der Waals surface area contributed by atoms with Crippen LogP contribution in [0.1, 0.15) is 19.3 Å². The van der Waals surface area contributed by atoms with Crippen LogP contribution in [0, 0.1) is 5.41 Å². The Kier molecular flexibility index (Phi) is 6.66. The number of hydrogen-bond acceptors (Lipinski definition) is 5. The van der Waals surface area contributed by atoms with Gasteiger partial charge in [0.2, 0.25) is 0 Å². The van der Waals surface area contributed by atoms with Gasteiger partial charge in [0.1, 0.15) is 17.2 Å². The van der Waals surface area contributed by atoms with Crippen LogP contribution in [0.4, 0.5) is 0 Å². The summed E-state index contributed by atoms with van der Waals surface area (Å²) in [5.74, 6) is 3.17. The van der Waals surface area contributed by atoms with E-state index in [-0.39, 0.29) is 0 Å². The molecule has 0 bridgehead atoms. The molecule has 2 aliphatic heterocycles. The second-order valence-corrected chi connectivity index (χ2v) is 7.20. The van der Waals surface area contributed by atoms with Gasteiger partial charge < -0.3 is 29.2 Å². The number of nitrogens with zero attached hydrogens (tertiary/aromatic N) is 2. The smallest absolute Gasteiger partial charge is 0.193 e. The van der Waals surface area contributed by atoms with Crippen molar-refractivity contribution < 1.29 is 18.9 Å². The molecule has 2 heterocycles. The van der Waals surface area contributed by atoms with Crippen LogP contribution < -0.4 is 19.5 Å². The first-order valence-corrected chi connectivity index (χ1v) is 9.57. The van der Waals surface area contributed by atoms with Crippen molar-refractivity contribution in [1.82, 2.24) is 10.2 Å². The van der Waals surface area contributed by atoms with Crippen LogP contribution in [-0.2, 0) is 4.74 Å². The number of rotatable bonds is 7. The van der Waals surface area contributed by atoms with E-state index in [9.17, 15) is 0 Å². The first kappa shape index (κ1) is 19.6. The molecule has 1 unspecified atom stereocenters. The van der Waals surface area contributed by atoms with Gasteiger partial charge in [-0.15, -0.1) is 0 Å². The van der Waals surface area contributed by atoms with Crippen molar-refractivity contribution in [2.24, 2.45) is 10.4 Å². The van der Waals surface area contributed by atoms with Crippen LogP contribution in [-0.4, -0.2) is 71.6 Å². The molecule has 7 nitrogen and oxygen atoms in total. The van der Waals surface area contributed by atoms with Gasteiger partial charge >= 0.3 is 0 Å². The van der Waals surface area contributed by atoms with Gasteiger partial charge in [-0.25, -0.2) is 0 Å². The van der Waals surface area contributed by atoms with Crippen LogP contribution >= 0.6 is 0 Å². The highest BCUT2D eigenvalue weighted by molar-refractivity contribution is 5.80. The third kappa shape index (κ3) is 4.97. The average Bonchev–Trinajstić information content (AvgIpc) is 3.34. The summed E-state index contributed by atoms with van der Waals surface area (Å²) in [6.45, 7) is 5.28. The van der Waals surface area contributed by atoms with Crippen LogP contribution in [0.15, 0.2) is 23.2 Å². The Morgan fingerprint density at radius 3 is 2.56 bits per heavy atom. The number of aliphatic imine (C=N–C) groups is 1. The molecule has 1 aromatic carbocycles. The standard InChI is InChI=1S/C20H31N3O4/c1-21-19(23-8-5-20(14-23)6-10-26-15-20)22-7-4-9-27-18-12-16(24-2)11-17(13-18)25-3/h11-13H,4-10,14-15H2,1-3H3,(H,21,22). The lowest BCUT2D eigenvalue weighted by Crippen LogP contribution is -2.42. The minimum absolute atomic E-state index is 0.339. The van der Waals surface area contributed by atoms with Gasteiger partial charge in [0, 0.05) is 56.9 Å². The summed E-state index contributed by atoms with van der Waals surface area (Å²) in [4.78, 5) is 6.79. The largest absolute Gasteiger partial charge is 0.496 e. The summed E-state index contributed by atoms with van der Waals surface area (Å²) < 4.78 is 22.0. The van der Waals surface area contributed by atoms with E-state index in [0.29, 0.717) is 12.0 Å². The first-order valence-electron chi connectivity index (χ1n) is 9.57. The van der Waals surface area contributed by atoms with E-state index in [4.69, 9.17) is 18.9 Å². The highest BCUT2D eigenvalue weighted by Gasteiger charge is 2.42. The molecule has 7 heteroatoms. The van der Waals surface area contributed by atoms with Gasteiger partial charge in [-0.3, -0.25) is 4.99 Å². The van der Waals surface area contributed by atoms with Gasteiger partial charge in [-0.1, -0.05) is 0 Å². The van der Waals surface area contributed by atoms with E-state index in [2.05, 4.69) is 15.2 Å². The normalized spacial score (nSPS) is 22.3. The second kappa shape index (κ2) is 9.17. The molecule has 150 valence electrons. The summed E-state index contributed by atoms with van der Waals surface area (Å²) in [6, 6.07) is 5.56. The van der Waals surface area contributed by atoms with Crippen LogP contribution in [0.3, 0.4) is 0 Å². The predicted molar refractivity (Wildman–Crippen MR) is 105 cm³/mol. The lowest BCUT2D eigenvalue weighted by atomic mass is 9.87. The minimum atomic E-state index is 0.339. The molecule has 27 heavy (non-hydrogen) atoms. The fourth-order valence-electron chi connectivity index (χ4n) is 3.75. The Hall–Kier alpha value is -2.15.